The van der Waals surface area contributed by atoms with Gasteiger partial charge in [0.05, 0.1) is 19.6 Å². The summed E-state index contributed by atoms with van der Waals surface area (Å²) in [6, 6.07) is 0. The lowest BCUT2D eigenvalue weighted by Gasteiger charge is -2.23. The Hall–Kier alpha value is -2.00. The van der Waals surface area contributed by atoms with Crippen LogP contribution in [-0.2, 0) is 19.1 Å². The summed E-state index contributed by atoms with van der Waals surface area (Å²) >= 11 is 1.31. The predicted molar refractivity (Wildman–Crippen MR) is 91.7 cm³/mol. The first-order valence-electron chi connectivity index (χ1n) is 7.69. The number of likely N-dealkylation sites (N-methyl/N-ethyl adjacent to an activating group) is 1. The monoisotopic (exact) mass is 356 g/mol. The number of thiazole rings is 1. The van der Waals surface area contributed by atoms with Gasteiger partial charge in [-0.1, -0.05) is 0 Å². The van der Waals surface area contributed by atoms with Crippen molar-refractivity contribution in [1.82, 2.24) is 14.8 Å². The first-order valence-corrected chi connectivity index (χ1v) is 8.57. The minimum atomic E-state index is -0.411. The quantitative estimate of drug-likeness (QED) is 0.624. The third-order valence-electron chi connectivity index (χ3n) is 3.03. The number of hydrogen-bond acceptors (Lipinski definition) is 7. The van der Waals surface area contributed by atoms with Gasteiger partial charge in [0.25, 0.3) is 0 Å². The number of hydrogen-bond donors (Lipinski definition) is 1. The minimum absolute atomic E-state index is 0.0131. The molecule has 0 aliphatic carbocycles. The van der Waals surface area contributed by atoms with E-state index in [1.165, 1.54) is 16.2 Å². The summed E-state index contributed by atoms with van der Waals surface area (Å²) in [6.45, 7) is 2.95. The van der Waals surface area contributed by atoms with Crippen LogP contribution >= 0.6 is 11.3 Å². The zero-order valence-corrected chi connectivity index (χ0v) is 15.1. The molecule has 0 atom stereocenters. The number of carbonyl (C=O) groups excluding carboxylic acids is 3. The summed E-state index contributed by atoms with van der Waals surface area (Å²) in [7, 11) is 3.77. The highest BCUT2D eigenvalue weighted by Crippen LogP contribution is 2.10. The van der Waals surface area contributed by atoms with Crippen LogP contribution in [0, 0.1) is 0 Å². The van der Waals surface area contributed by atoms with E-state index in [9.17, 15) is 14.4 Å². The van der Waals surface area contributed by atoms with Gasteiger partial charge in [0.1, 0.15) is 0 Å². The molecule has 2 amide bonds. The number of rotatable bonds is 10. The number of amides is 2. The van der Waals surface area contributed by atoms with Crippen molar-refractivity contribution in [2.45, 2.75) is 19.8 Å². The van der Waals surface area contributed by atoms with E-state index in [0.717, 1.165) is 0 Å². The highest BCUT2D eigenvalue weighted by molar-refractivity contribution is 7.13. The summed E-state index contributed by atoms with van der Waals surface area (Å²) in [4.78, 5) is 43.1. The highest BCUT2D eigenvalue weighted by Gasteiger charge is 2.19. The van der Waals surface area contributed by atoms with E-state index >= 15 is 0 Å². The number of carbonyl (C=O) groups is 3. The van der Waals surface area contributed by atoms with Gasteiger partial charge >= 0.3 is 5.97 Å². The maximum Gasteiger partial charge on any atom is 0.306 e. The van der Waals surface area contributed by atoms with Gasteiger partial charge < -0.3 is 19.9 Å². The summed E-state index contributed by atoms with van der Waals surface area (Å²) in [6.07, 6.45) is 1.63. The van der Waals surface area contributed by atoms with Gasteiger partial charge in [-0.05, 0) is 21.0 Å². The van der Waals surface area contributed by atoms with Crippen molar-refractivity contribution in [2.75, 3.05) is 45.7 Å². The topological polar surface area (TPSA) is 91.8 Å². The van der Waals surface area contributed by atoms with Crippen molar-refractivity contribution in [3.63, 3.8) is 0 Å². The van der Waals surface area contributed by atoms with Gasteiger partial charge in [-0.25, -0.2) is 4.98 Å². The number of nitrogens with zero attached hydrogens (tertiary/aromatic N) is 3. The molecule has 0 aromatic carbocycles. The molecular formula is C15H24N4O4S. The molecule has 0 radical (unpaired) electrons. The van der Waals surface area contributed by atoms with Gasteiger partial charge in [0.15, 0.2) is 5.13 Å². The van der Waals surface area contributed by atoms with Crippen LogP contribution in [0.2, 0.25) is 0 Å². The second-order valence-electron chi connectivity index (χ2n) is 5.31. The Labute approximate surface area is 145 Å². The normalized spacial score (nSPS) is 10.5. The first-order chi connectivity index (χ1) is 11.4. The van der Waals surface area contributed by atoms with Crippen molar-refractivity contribution in [1.29, 1.82) is 0 Å². The van der Waals surface area contributed by atoms with Gasteiger partial charge in [-0.3, -0.25) is 14.4 Å². The molecule has 1 N–H and O–H groups in total. The van der Waals surface area contributed by atoms with Gasteiger partial charge in [-0.15, -0.1) is 11.3 Å². The average Bonchev–Trinajstić information content (AvgIpc) is 3.02. The number of aromatic nitrogens is 1. The number of anilines is 1. The van der Waals surface area contributed by atoms with Crippen LogP contribution in [0.25, 0.3) is 0 Å². The van der Waals surface area contributed by atoms with Gasteiger partial charge in [0.2, 0.25) is 11.8 Å². The molecule has 0 saturated heterocycles. The lowest BCUT2D eigenvalue weighted by Crippen LogP contribution is -2.41. The third-order valence-corrected chi connectivity index (χ3v) is 3.72. The van der Waals surface area contributed by atoms with Crippen LogP contribution in [0.3, 0.4) is 0 Å². The molecule has 0 spiro atoms. The van der Waals surface area contributed by atoms with Crippen molar-refractivity contribution in [2.24, 2.45) is 0 Å². The Morgan fingerprint density at radius 3 is 2.58 bits per heavy atom. The van der Waals surface area contributed by atoms with E-state index in [0.29, 0.717) is 18.2 Å². The third kappa shape index (κ3) is 8.02. The summed E-state index contributed by atoms with van der Waals surface area (Å²) in [5.41, 5.74) is 0. The molecule has 9 heteroatoms. The van der Waals surface area contributed by atoms with Gasteiger partial charge in [-0.2, -0.15) is 0 Å². The van der Waals surface area contributed by atoms with Crippen molar-refractivity contribution in [3.05, 3.63) is 11.6 Å². The molecule has 0 aliphatic rings. The summed E-state index contributed by atoms with van der Waals surface area (Å²) < 4.78 is 4.82. The molecule has 1 heterocycles. The summed E-state index contributed by atoms with van der Waals surface area (Å²) in [5, 5.41) is 4.90. The Balaban J connectivity index is 2.56. The van der Waals surface area contributed by atoms with Crippen LogP contribution < -0.4 is 5.32 Å². The highest BCUT2D eigenvalue weighted by atomic mass is 32.1. The predicted octanol–water partition coefficient (Wildman–Crippen LogP) is 0.815. The standard InChI is InChI=1S/C15H24N4O4S/c1-4-23-14(22)6-5-13(21)19(9-8-18(2)3)11-12(20)17-15-16-7-10-24-15/h7,10H,4-6,8-9,11H2,1-3H3,(H,16,17,20). The molecule has 1 rings (SSSR count). The van der Waals surface area contributed by atoms with Crippen LogP contribution in [0.5, 0.6) is 0 Å². The fourth-order valence-electron chi connectivity index (χ4n) is 1.83. The van der Waals surface area contributed by atoms with Crippen molar-refractivity contribution < 1.29 is 19.1 Å². The van der Waals surface area contributed by atoms with Gasteiger partial charge in [0, 0.05) is 31.1 Å². The Morgan fingerprint density at radius 2 is 2.00 bits per heavy atom. The van der Waals surface area contributed by atoms with E-state index in [-0.39, 0.29) is 37.8 Å². The van der Waals surface area contributed by atoms with E-state index in [1.807, 2.05) is 19.0 Å². The molecule has 0 unspecified atom stereocenters. The Morgan fingerprint density at radius 1 is 1.25 bits per heavy atom. The fourth-order valence-corrected chi connectivity index (χ4v) is 2.38. The maximum absolute atomic E-state index is 12.3. The molecule has 0 aliphatic heterocycles. The van der Waals surface area contributed by atoms with Crippen LogP contribution in [0.4, 0.5) is 5.13 Å². The van der Waals surface area contributed by atoms with E-state index in [4.69, 9.17) is 4.74 Å². The minimum Gasteiger partial charge on any atom is -0.466 e. The lowest BCUT2D eigenvalue weighted by molar-refractivity contribution is -0.145. The summed E-state index contributed by atoms with van der Waals surface area (Å²) in [5.74, 6) is -0.974. The molecule has 0 bridgehead atoms. The Bertz CT molecular complexity index is 534. The second kappa shape index (κ2) is 10.7. The molecule has 0 fully saturated rings. The van der Waals surface area contributed by atoms with E-state index in [1.54, 1.807) is 18.5 Å². The second-order valence-corrected chi connectivity index (χ2v) is 6.20. The molecular weight excluding hydrogens is 332 g/mol. The van der Waals surface area contributed by atoms with Crippen molar-refractivity contribution in [3.8, 4) is 0 Å². The SMILES string of the molecule is CCOC(=O)CCC(=O)N(CCN(C)C)CC(=O)Nc1nccs1. The Kier molecular flexibility index (Phi) is 8.95. The molecule has 1 aromatic heterocycles. The van der Waals surface area contributed by atoms with E-state index in [2.05, 4.69) is 10.3 Å². The van der Waals surface area contributed by atoms with Crippen LogP contribution in [-0.4, -0.2) is 72.9 Å². The fraction of sp³-hybridized carbons (Fsp3) is 0.600. The average molecular weight is 356 g/mol. The molecule has 24 heavy (non-hydrogen) atoms. The van der Waals surface area contributed by atoms with Crippen LogP contribution in [0.15, 0.2) is 11.6 Å². The van der Waals surface area contributed by atoms with Crippen LogP contribution in [0.1, 0.15) is 19.8 Å². The largest absolute Gasteiger partial charge is 0.466 e. The maximum atomic E-state index is 12.3. The number of esters is 1. The molecule has 8 nitrogen and oxygen atoms in total. The lowest BCUT2D eigenvalue weighted by atomic mass is 10.2. The number of ether oxygens (including phenoxy) is 1. The van der Waals surface area contributed by atoms with Crippen molar-refractivity contribution >= 4 is 34.3 Å². The number of nitrogens with one attached hydrogen (secondary N) is 1. The molecule has 1 aromatic rings. The molecule has 134 valence electrons. The molecule has 0 saturated carbocycles. The smallest absolute Gasteiger partial charge is 0.306 e. The zero-order valence-electron chi connectivity index (χ0n) is 14.3. The van der Waals surface area contributed by atoms with E-state index < -0.39 is 5.97 Å². The first kappa shape index (κ1) is 20.0. The zero-order chi connectivity index (χ0) is 17.9.